The predicted octanol–water partition coefficient (Wildman–Crippen LogP) is 1.86. The molecule has 1 amide bonds. The van der Waals surface area contributed by atoms with Crippen LogP contribution in [0.4, 0.5) is 0 Å². The Bertz CT molecular complexity index is 371. The molecule has 0 unspecified atom stereocenters. The van der Waals surface area contributed by atoms with E-state index < -0.39 is 6.04 Å². The van der Waals surface area contributed by atoms with Crippen molar-refractivity contribution in [3.8, 4) is 0 Å². The summed E-state index contributed by atoms with van der Waals surface area (Å²) in [4.78, 5) is 11.9. The molecule has 3 N–H and O–H groups in total. The average molecular weight is 246 g/mol. The molecule has 1 fully saturated rings. The highest BCUT2D eigenvalue weighted by Crippen LogP contribution is 2.23. The molecular formula is C15H22N2O. The summed E-state index contributed by atoms with van der Waals surface area (Å²) in [5.41, 5.74) is 7.03. The highest BCUT2D eigenvalue weighted by atomic mass is 16.2. The van der Waals surface area contributed by atoms with Gasteiger partial charge in [0.25, 0.3) is 0 Å². The van der Waals surface area contributed by atoms with E-state index in [4.69, 9.17) is 5.73 Å². The van der Waals surface area contributed by atoms with Gasteiger partial charge in [0.05, 0.1) is 6.04 Å². The van der Waals surface area contributed by atoms with Crippen molar-refractivity contribution in [3.05, 3.63) is 35.9 Å². The van der Waals surface area contributed by atoms with E-state index in [1.54, 1.807) is 0 Å². The van der Waals surface area contributed by atoms with Crippen LogP contribution in [0.2, 0.25) is 0 Å². The number of hydrogen-bond donors (Lipinski definition) is 2. The van der Waals surface area contributed by atoms with Crippen LogP contribution in [-0.4, -0.2) is 18.5 Å². The fourth-order valence-electron chi connectivity index (χ4n) is 2.55. The summed E-state index contributed by atoms with van der Waals surface area (Å²) in [6.07, 6.45) is 5.70. The largest absolute Gasteiger partial charge is 0.354 e. The van der Waals surface area contributed by atoms with E-state index >= 15 is 0 Å². The minimum Gasteiger partial charge on any atom is -0.354 e. The standard InChI is InChI=1S/C15H22N2O/c16-14(10-12-6-2-1-3-7-12)15(18)17-11-13-8-4-5-9-13/h1-3,6-7,13-14H,4-5,8-11,16H2,(H,17,18)/t14-/m1/s1. The molecule has 0 spiro atoms. The zero-order valence-corrected chi connectivity index (χ0v) is 10.8. The summed E-state index contributed by atoms with van der Waals surface area (Å²) in [6.45, 7) is 0.793. The van der Waals surface area contributed by atoms with Crippen molar-refractivity contribution in [2.75, 3.05) is 6.54 Å². The van der Waals surface area contributed by atoms with Crippen LogP contribution >= 0.6 is 0 Å². The van der Waals surface area contributed by atoms with Crippen molar-refractivity contribution in [2.24, 2.45) is 11.7 Å². The number of nitrogens with one attached hydrogen (secondary N) is 1. The molecule has 3 nitrogen and oxygen atoms in total. The van der Waals surface area contributed by atoms with Crippen LogP contribution in [-0.2, 0) is 11.2 Å². The van der Waals surface area contributed by atoms with Gasteiger partial charge in [0.1, 0.15) is 0 Å². The fourth-order valence-corrected chi connectivity index (χ4v) is 2.55. The van der Waals surface area contributed by atoms with Gasteiger partial charge >= 0.3 is 0 Å². The Morgan fingerprint density at radius 3 is 2.61 bits per heavy atom. The van der Waals surface area contributed by atoms with Crippen molar-refractivity contribution in [3.63, 3.8) is 0 Å². The lowest BCUT2D eigenvalue weighted by Crippen LogP contribution is -2.43. The molecule has 1 aromatic carbocycles. The van der Waals surface area contributed by atoms with Gasteiger partial charge in [0.15, 0.2) is 0 Å². The zero-order chi connectivity index (χ0) is 12.8. The van der Waals surface area contributed by atoms with Crippen molar-refractivity contribution < 1.29 is 4.79 Å². The monoisotopic (exact) mass is 246 g/mol. The molecule has 1 aliphatic rings. The maximum atomic E-state index is 11.9. The van der Waals surface area contributed by atoms with Gasteiger partial charge in [0, 0.05) is 6.54 Å². The lowest BCUT2D eigenvalue weighted by Gasteiger charge is -2.15. The number of rotatable bonds is 5. The van der Waals surface area contributed by atoms with E-state index in [0.29, 0.717) is 12.3 Å². The topological polar surface area (TPSA) is 55.1 Å². The Morgan fingerprint density at radius 2 is 1.94 bits per heavy atom. The molecule has 1 saturated carbocycles. The SMILES string of the molecule is N[C@H](Cc1ccccc1)C(=O)NCC1CCCC1. The number of benzene rings is 1. The molecule has 0 saturated heterocycles. The quantitative estimate of drug-likeness (QED) is 0.833. The van der Waals surface area contributed by atoms with Crippen molar-refractivity contribution in [1.82, 2.24) is 5.32 Å². The van der Waals surface area contributed by atoms with Crippen LogP contribution in [0.25, 0.3) is 0 Å². The maximum Gasteiger partial charge on any atom is 0.237 e. The first kappa shape index (κ1) is 13.1. The summed E-state index contributed by atoms with van der Waals surface area (Å²) in [7, 11) is 0. The van der Waals surface area contributed by atoms with Crippen LogP contribution in [0.3, 0.4) is 0 Å². The summed E-state index contributed by atoms with van der Waals surface area (Å²) >= 11 is 0. The lowest BCUT2D eigenvalue weighted by molar-refractivity contribution is -0.122. The van der Waals surface area contributed by atoms with Gasteiger partial charge in [-0.1, -0.05) is 43.2 Å². The van der Waals surface area contributed by atoms with Gasteiger partial charge in [-0.2, -0.15) is 0 Å². The first-order valence-electron chi connectivity index (χ1n) is 6.83. The first-order valence-corrected chi connectivity index (χ1v) is 6.83. The van der Waals surface area contributed by atoms with Crippen LogP contribution in [0.1, 0.15) is 31.2 Å². The summed E-state index contributed by atoms with van der Waals surface area (Å²) < 4.78 is 0. The molecular weight excluding hydrogens is 224 g/mol. The second kappa shape index (κ2) is 6.55. The fraction of sp³-hybridized carbons (Fsp3) is 0.533. The third-order valence-corrected chi connectivity index (χ3v) is 3.67. The smallest absolute Gasteiger partial charge is 0.237 e. The van der Waals surface area contributed by atoms with Gasteiger partial charge < -0.3 is 11.1 Å². The van der Waals surface area contributed by atoms with Crippen molar-refractivity contribution in [2.45, 2.75) is 38.1 Å². The Labute approximate surface area is 109 Å². The lowest BCUT2D eigenvalue weighted by atomic mass is 10.1. The van der Waals surface area contributed by atoms with Crippen LogP contribution in [0.5, 0.6) is 0 Å². The van der Waals surface area contributed by atoms with Crippen LogP contribution in [0.15, 0.2) is 30.3 Å². The van der Waals surface area contributed by atoms with E-state index in [0.717, 1.165) is 12.1 Å². The molecule has 0 radical (unpaired) electrons. The van der Waals surface area contributed by atoms with E-state index in [1.165, 1.54) is 25.7 Å². The third kappa shape index (κ3) is 3.84. The minimum atomic E-state index is -0.436. The molecule has 0 aromatic heterocycles. The molecule has 98 valence electrons. The first-order chi connectivity index (χ1) is 8.75. The van der Waals surface area contributed by atoms with E-state index in [2.05, 4.69) is 5.32 Å². The Kier molecular flexibility index (Phi) is 4.76. The highest BCUT2D eigenvalue weighted by molar-refractivity contribution is 5.81. The Balaban J connectivity index is 1.74. The Morgan fingerprint density at radius 1 is 1.28 bits per heavy atom. The Hall–Kier alpha value is -1.35. The maximum absolute atomic E-state index is 11.9. The second-order valence-electron chi connectivity index (χ2n) is 5.19. The third-order valence-electron chi connectivity index (χ3n) is 3.67. The summed E-state index contributed by atoms with van der Waals surface area (Å²) in [6, 6.07) is 9.48. The van der Waals surface area contributed by atoms with Crippen molar-refractivity contribution >= 4 is 5.91 Å². The number of nitrogens with two attached hydrogens (primary N) is 1. The van der Waals surface area contributed by atoms with E-state index in [-0.39, 0.29) is 5.91 Å². The van der Waals surface area contributed by atoms with E-state index in [1.807, 2.05) is 30.3 Å². The number of amides is 1. The van der Waals surface area contributed by atoms with Gasteiger partial charge in [0.2, 0.25) is 5.91 Å². The summed E-state index contributed by atoms with van der Waals surface area (Å²) in [5.74, 6) is 0.642. The van der Waals surface area contributed by atoms with Gasteiger partial charge in [-0.05, 0) is 30.7 Å². The van der Waals surface area contributed by atoms with Gasteiger partial charge in [-0.15, -0.1) is 0 Å². The molecule has 1 aliphatic carbocycles. The van der Waals surface area contributed by atoms with Gasteiger partial charge in [-0.3, -0.25) is 4.79 Å². The number of carbonyl (C=O) groups excluding carboxylic acids is 1. The van der Waals surface area contributed by atoms with E-state index in [9.17, 15) is 4.79 Å². The highest BCUT2D eigenvalue weighted by Gasteiger charge is 2.18. The summed E-state index contributed by atoms with van der Waals surface area (Å²) in [5, 5.41) is 2.98. The molecule has 18 heavy (non-hydrogen) atoms. The van der Waals surface area contributed by atoms with Crippen LogP contribution in [0, 0.1) is 5.92 Å². The number of hydrogen-bond acceptors (Lipinski definition) is 2. The normalized spacial score (nSPS) is 17.6. The molecule has 2 rings (SSSR count). The average Bonchev–Trinajstić information content (AvgIpc) is 2.90. The second-order valence-corrected chi connectivity index (χ2v) is 5.19. The van der Waals surface area contributed by atoms with Crippen LogP contribution < -0.4 is 11.1 Å². The van der Waals surface area contributed by atoms with Crippen molar-refractivity contribution in [1.29, 1.82) is 0 Å². The molecule has 1 atom stereocenters. The zero-order valence-electron chi connectivity index (χ0n) is 10.8. The molecule has 1 aromatic rings. The van der Waals surface area contributed by atoms with Gasteiger partial charge in [-0.25, -0.2) is 0 Å². The molecule has 3 heteroatoms. The molecule has 0 heterocycles. The number of carbonyl (C=O) groups is 1. The predicted molar refractivity (Wildman–Crippen MR) is 73.1 cm³/mol. The molecule has 0 aliphatic heterocycles. The minimum absolute atomic E-state index is 0.0225. The molecule has 0 bridgehead atoms.